The molecular formula is C29H32N2O9. The zero-order chi connectivity index (χ0) is 28.4. The molecule has 0 aliphatic rings. The predicted octanol–water partition coefficient (Wildman–Crippen LogP) is 3.66. The van der Waals surface area contributed by atoms with Crippen LogP contribution >= 0.6 is 0 Å². The molecule has 0 bridgehead atoms. The molecule has 0 unspecified atom stereocenters. The van der Waals surface area contributed by atoms with Crippen molar-refractivity contribution in [2.75, 3.05) is 52.8 Å². The van der Waals surface area contributed by atoms with Crippen LogP contribution in [0.25, 0.3) is 12.2 Å². The maximum absolute atomic E-state index is 11.9. The SMILES string of the molecule is O=C(NCCOCCOCCOCCOC(=O)c1cccnc1)Oc1ccc(/C=C/c2cc(O)cc(O)c2)cc1. The molecule has 2 aromatic carbocycles. The fourth-order valence-electron chi connectivity index (χ4n) is 3.22. The van der Waals surface area contributed by atoms with Crippen LogP contribution in [0.1, 0.15) is 21.5 Å². The zero-order valence-corrected chi connectivity index (χ0v) is 21.9. The quantitative estimate of drug-likeness (QED) is 0.137. The molecule has 40 heavy (non-hydrogen) atoms. The lowest BCUT2D eigenvalue weighted by atomic mass is 10.1. The van der Waals surface area contributed by atoms with E-state index in [0.717, 1.165) is 5.56 Å². The van der Waals surface area contributed by atoms with Gasteiger partial charge < -0.3 is 39.2 Å². The van der Waals surface area contributed by atoms with Gasteiger partial charge in [0.2, 0.25) is 0 Å². The highest BCUT2D eigenvalue weighted by Gasteiger charge is 2.06. The molecule has 0 spiro atoms. The third-order valence-electron chi connectivity index (χ3n) is 5.10. The molecule has 0 radical (unpaired) electrons. The molecule has 0 atom stereocenters. The number of esters is 1. The largest absolute Gasteiger partial charge is 0.508 e. The normalized spacial score (nSPS) is 10.9. The summed E-state index contributed by atoms with van der Waals surface area (Å²) in [6.07, 6.45) is 5.97. The molecule has 0 saturated carbocycles. The number of nitrogens with one attached hydrogen (secondary N) is 1. The zero-order valence-electron chi connectivity index (χ0n) is 21.9. The van der Waals surface area contributed by atoms with Crippen LogP contribution in [0.4, 0.5) is 4.79 Å². The summed E-state index contributed by atoms with van der Waals surface area (Å²) in [5, 5.41) is 21.7. The van der Waals surface area contributed by atoms with Crippen molar-refractivity contribution in [1.29, 1.82) is 0 Å². The lowest BCUT2D eigenvalue weighted by Crippen LogP contribution is -2.30. The Kier molecular flexibility index (Phi) is 12.9. The number of aromatic hydroxyl groups is 2. The summed E-state index contributed by atoms with van der Waals surface area (Å²) in [4.78, 5) is 27.5. The minimum absolute atomic E-state index is 0.0222. The molecule has 0 fully saturated rings. The molecule has 3 N–H and O–H groups in total. The number of ether oxygens (including phenoxy) is 5. The molecule has 3 rings (SSSR count). The van der Waals surface area contributed by atoms with E-state index in [2.05, 4.69) is 10.3 Å². The molecule has 1 heterocycles. The standard InChI is InChI=1S/C29H32N2O9/c32-25-18-23(19-26(33)20-25)4-3-22-5-7-27(8-6-22)40-29(35)31-10-11-36-12-13-37-14-15-38-16-17-39-28(34)24-2-1-9-30-21-24/h1-9,18-21,32-33H,10-17H2,(H,31,35)/b4-3+. The van der Waals surface area contributed by atoms with Crippen LogP contribution in [0, 0.1) is 0 Å². The number of phenolic OH excluding ortho intramolecular Hbond substituents is 2. The fourth-order valence-corrected chi connectivity index (χ4v) is 3.22. The van der Waals surface area contributed by atoms with E-state index in [0.29, 0.717) is 49.9 Å². The number of benzene rings is 2. The number of hydrogen-bond acceptors (Lipinski definition) is 10. The molecule has 3 aromatic rings. The monoisotopic (exact) mass is 552 g/mol. The Bertz CT molecular complexity index is 1200. The highest BCUT2D eigenvalue weighted by Crippen LogP contribution is 2.22. The number of carbonyl (C=O) groups excluding carboxylic acids is 2. The van der Waals surface area contributed by atoms with Gasteiger partial charge in [0, 0.05) is 25.0 Å². The van der Waals surface area contributed by atoms with Crippen LogP contribution in [-0.2, 0) is 18.9 Å². The van der Waals surface area contributed by atoms with E-state index < -0.39 is 12.1 Å². The molecule has 11 nitrogen and oxygen atoms in total. The van der Waals surface area contributed by atoms with Gasteiger partial charge in [-0.05, 0) is 47.5 Å². The summed E-state index contributed by atoms with van der Waals surface area (Å²) in [5.74, 6) is -0.105. The van der Waals surface area contributed by atoms with Gasteiger partial charge in [0.1, 0.15) is 23.9 Å². The Morgan fingerprint density at radius 2 is 1.40 bits per heavy atom. The fraction of sp³-hybridized carbons (Fsp3) is 0.276. The first-order valence-corrected chi connectivity index (χ1v) is 12.6. The Balaban J connectivity index is 1.15. The van der Waals surface area contributed by atoms with E-state index in [-0.39, 0.29) is 31.3 Å². The summed E-state index contributed by atoms with van der Waals surface area (Å²) in [6, 6.07) is 14.5. The van der Waals surface area contributed by atoms with Crippen LogP contribution in [0.5, 0.6) is 17.2 Å². The van der Waals surface area contributed by atoms with Crippen molar-refractivity contribution in [3.63, 3.8) is 0 Å². The summed E-state index contributed by atoms with van der Waals surface area (Å²) < 4.78 is 26.5. The number of rotatable bonds is 16. The minimum Gasteiger partial charge on any atom is -0.508 e. The molecule has 1 amide bonds. The van der Waals surface area contributed by atoms with Gasteiger partial charge in [0.05, 0.1) is 45.2 Å². The van der Waals surface area contributed by atoms with Crippen molar-refractivity contribution in [2.45, 2.75) is 0 Å². The first-order chi connectivity index (χ1) is 19.5. The van der Waals surface area contributed by atoms with E-state index in [9.17, 15) is 19.8 Å². The second-order valence-corrected chi connectivity index (χ2v) is 8.22. The van der Waals surface area contributed by atoms with E-state index in [1.165, 1.54) is 24.4 Å². The van der Waals surface area contributed by atoms with Gasteiger partial charge in [-0.3, -0.25) is 4.98 Å². The molecule has 212 valence electrons. The number of hydrogen-bond donors (Lipinski definition) is 3. The number of phenols is 2. The Labute approximate surface area is 231 Å². The maximum atomic E-state index is 11.9. The Morgan fingerprint density at radius 3 is 2.05 bits per heavy atom. The van der Waals surface area contributed by atoms with Gasteiger partial charge in [-0.25, -0.2) is 9.59 Å². The summed E-state index contributed by atoms with van der Waals surface area (Å²) in [6.45, 7) is 2.44. The maximum Gasteiger partial charge on any atom is 0.412 e. The summed E-state index contributed by atoms with van der Waals surface area (Å²) in [7, 11) is 0. The topological polar surface area (TPSA) is 146 Å². The van der Waals surface area contributed by atoms with Crippen LogP contribution in [0.2, 0.25) is 0 Å². The van der Waals surface area contributed by atoms with Gasteiger partial charge in [-0.15, -0.1) is 0 Å². The molecule has 11 heteroatoms. The average Bonchev–Trinajstić information content (AvgIpc) is 2.95. The van der Waals surface area contributed by atoms with Gasteiger partial charge in [-0.1, -0.05) is 24.3 Å². The van der Waals surface area contributed by atoms with Gasteiger partial charge in [0.15, 0.2) is 0 Å². The number of nitrogens with zero attached hydrogens (tertiary/aromatic N) is 1. The molecule has 0 saturated heterocycles. The van der Waals surface area contributed by atoms with E-state index in [1.54, 1.807) is 54.7 Å². The lowest BCUT2D eigenvalue weighted by Gasteiger charge is -2.09. The molecular weight excluding hydrogens is 520 g/mol. The van der Waals surface area contributed by atoms with Crippen molar-refractivity contribution in [3.05, 3.63) is 83.7 Å². The highest BCUT2D eigenvalue weighted by atomic mass is 16.6. The molecule has 1 aromatic heterocycles. The van der Waals surface area contributed by atoms with Crippen LogP contribution in [-0.4, -0.2) is 80.1 Å². The summed E-state index contributed by atoms with van der Waals surface area (Å²) >= 11 is 0. The Hall–Kier alpha value is -4.45. The second-order valence-electron chi connectivity index (χ2n) is 8.22. The van der Waals surface area contributed by atoms with Gasteiger partial charge >= 0.3 is 12.1 Å². The molecule has 0 aliphatic carbocycles. The van der Waals surface area contributed by atoms with Crippen molar-refractivity contribution in [2.24, 2.45) is 0 Å². The second kappa shape index (κ2) is 17.2. The predicted molar refractivity (Wildman–Crippen MR) is 146 cm³/mol. The summed E-state index contributed by atoms with van der Waals surface area (Å²) in [5.41, 5.74) is 1.89. The van der Waals surface area contributed by atoms with Crippen molar-refractivity contribution < 1.29 is 43.5 Å². The average molecular weight is 553 g/mol. The van der Waals surface area contributed by atoms with E-state index in [1.807, 2.05) is 0 Å². The van der Waals surface area contributed by atoms with Crippen LogP contribution < -0.4 is 10.1 Å². The van der Waals surface area contributed by atoms with Gasteiger partial charge in [0.25, 0.3) is 0 Å². The van der Waals surface area contributed by atoms with Crippen molar-refractivity contribution in [3.8, 4) is 17.2 Å². The number of aromatic nitrogens is 1. The first-order valence-electron chi connectivity index (χ1n) is 12.6. The highest BCUT2D eigenvalue weighted by molar-refractivity contribution is 5.88. The number of pyridine rings is 1. The molecule has 0 aliphatic heterocycles. The number of amides is 1. The lowest BCUT2D eigenvalue weighted by molar-refractivity contribution is 0.000952. The smallest absolute Gasteiger partial charge is 0.412 e. The Morgan fingerprint density at radius 1 is 0.775 bits per heavy atom. The van der Waals surface area contributed by atoms with Crippen LogP contribution in [0.15, 0.2) is 67.0 Å². The van der Waals surface area contributed by atoms with Crippen molar-refractivity contribution in [1.82, 2.24) is 10.3 Å². The first kappa shape index (κ1) is 30.1. The van der Waals surface area contributed by atoms with Crippen LogP contribution in [0.3, 0.4) is 0 Å². The van der Waals surface area contributed by atoms with E-state index in [4.69, 9.17) is 23.7 Å². The third-order valence-corrected chi connectivity index (χ3v) is 5.10. The number of carbonyl (C=O) groups is 2. The van der Waals surface area contributed by atoms with Crippen molar-refractivity contribution >= 4 is 24.2 Å². The third kappa shape index (κ3) is 11.9. The van der Waals surface area contributed by atoms with Gasteiger partial charge in [-0.2, -0.15) is 0 Å². The van der Waals surface area contributed by atoms with E-state index >= 15 is 0 Å². The minimum atomic E-state index is -0.596.